The summed E-state index contributed by atoms with van der Waals surface area (Å²) in [5.74, 6) is -0.195. The molecular formula is C22H18O5. The second-order valence-corrected chi connectivity index (χ2v) is 6.12. The average Bonchev–Trinajstić information content (AvgIpc) is 2.65. The molecule has 0 atom stereocenters. The van der Waals surface area contributed by atoms with Gasteiger partial charge in [-0.3, -0.25) is 0 Å². The molecule has 0 heterocycles. The lowest BCUT2D eigenvalue weighted by atomic mass is 10.1. The lowest BCUT2D eigenvalue weighted by Gasteiger charge is -2.10. The molecule has 0 aliphatic carbocycles. The van der Waals surface area contributed by atoms with Gasteiger partial charge in [0.2, 0.25) is 0 Å². The standard InChI is InChI=1S/C22H18O5/c1-14-3-5-16(6-4-14)21(24)26-19-11-12-20(15(2)13-19)27-22(25)17-7-9-18(23)10-8-17/h3-13,23H,1-2H3. The van der Waals surface area contributed by atoms with E-state index in [1.54, 1.807) is 37.3 Å². The number of phenolic OH excluding ortho intramolecular Hbond substituents is 1. The molecular weight excluding hydrogens is 344 g/mol. The highest BCUT2D eigenvalue weighted by atomic mass is 16.5. The molecule has 0 radical (unpaired) electrons. The summed E-state index contributed by atoms with van der Waals surface area (Å²) in [5.41, 5.74) is 2.49. The number of hydrogen-bond acceptors (Lipinski definition) is 5. The molecule has 3 rings (SSSR count). The van der Waals surface area contributed by atoms with Crippen molar-refractivity contribution in [2.24, 2.45) is 0 Å². The fourth-order valence-corrected chi connectivity index (χ4v) is 2.41. The van der Waals surface area contributed by atoms with E-state index in [9.17, 15) is 14.7 Å². The Kier molecular flexibility index (Phi) is 5.22. The van der Waals surface area contributed by atoms with Gasteiger partial charge in [0.25, 0.3) is 0 Å². The van der Waals surface area contributed by atoms with Crippen LogP contribution in [0.2, 0.25) is 0 Å². The van der Waals surface area contributed by atoms with Gasteiger partial charge < -0.3 is 14.6 Å². The summed E-state index contributed by atoms with van der Waals surface area (Å²) < 4.78 is 10.7. The SMILES string of the molecule is Cc1ccc(C(=O)Oc2ccc(OC(=O)c3ccc(O)cc3)c(C)c2)cc1. The molecule has 0 saturated heterocycles. The van der Waals surface area contributed by atoms with Gasteiger partial charge in [-0.1, -0.05) is 17.7 Å². The topological polar surface area (TPSA) is 72.8 Å². The number of aryl methyl sites for hydroxylation is 2. The Bertz CT molecular complexity index is 973. The Balaban J connectivity index is 1.69. The Morgan fingerprint density at radius 1 is 0.741 bits per heavy atom. The summed E-state index contributed by atoms with van der Waals surface area (Å²) in [5, 5.41) is 9.28. The van der Waals surface area contributed by atoms with Gasteiger partial charge in [0.1, 0.15) is 17.2 Å². The number of aromatic hydroxyl groups is 1. The molecule has 0 amide bonds. The van der Waals surface area contributed by atoms with Gasteiger partial charge in [0.15, 0.2) is 0 Å². The quantitative estimate of drug-likeness (QED) is 0.548. The monoisotopic (exact) mass is 362 g/mol. The van der Waals surface area contributed by atoms with Gasteiger partial charge in [-0.05, 0) is 74.0 Å². The molecule has 1 N–H and O–H groups in total. The van der Waals surface area contributed by atoms with E-state index < -0.39 is 11.9 Å². The van der Waals surface area contributed by atoms with E-state index in [-0.39, 0.29) is 5.75 Å². The van der Waals surface area contributed by atoms with E-state index in [0.29, 0.717) is 28.2 Å². The van der Waals surface area contributed by atoms with Gasteiger partial charge >= 0.3 is 11.9 Å². The molecule has 0 saturated carbocycles. The van der Waals surface area contributed by atoms with Crippen LogP contribution in [-0.2, 0) is 0 Å². The van der Waals surface area contributed by atoms with E-state index >= 15 is 0 Å². The Hall–Kier alpha value is -3.60. The zero-order valence-electron chi connectivity index (χ0n) is 14.9. The summed E-state index contributed by atoms with van der Waals surface area (Å²) >= 11 is 0. The second-order valence-electron chi connectivity index (χ2n) is 6.12. The van der Waals surface area contributed by atoms with Gasteiger partial charge in [-0.15, -0.1) is 0 Å². The van der Waals surface area contributed by atoms with E-state index in [0.717, 1.165) is 5.56 Å². The molecule has 0 spiro atoms. The molecule has 5 heteroatoms. The van der Waals surface area contributed by atoms with Crippen molar-refractivity contribution in [3.05, 3.63) is 89.0 Å². The van der Waals surface area contributed by atoms with Gasteiger partial charge in [-0.25, -0.2) is 9.59 Å². The van der Waals surface area contributed by atoms with E-state index in [1.807, 2.05) is 19.1 Å². The first kappa shape index (κ1) is 18.2. The highest BCUT2D eigenvalue weighted by Crippen LogP contribution is 2.25. The van der Waals surface area contributed by atoms with Crippen molar-refractivity contribution < 1.29 is 24.2 Å². The van der Waals surface area contributed by atoms with E-state index in [4.69, 9.17) is 9.47 Å². The Morgan fingerprint density at radius 3 is 1.89 bits per heavy atom. The molecule has 0 aliphatic heterocycles. The summed E-state index contributed by atoms with van der Waals surface area (Å²) in [4.78, 5) is 24.3. The van der Waals surface area contributed by atoms with Crippen LogP contribution in [0.25, 0.3) is 0 Å². The fraction of sp³-hybridized carbons (Fsp3) is 0.0909. The third-order valence-electron chi connectivity index (χ3n) is 3.95. The molecule has 3 aromatic carbocycles. The van der Waals surface area contributed by atoms with Crippen molar-refractivity contribution in [2.75, 3.05) is 0 Å². The van der Waals surface area contributed by atoms with Gasteiger partial charge in [-0.2, -0.15) is 0 Å². The zero-order valence-corrected chi connectivity index (χ0v) is 14.9. The van der Waals surface area contributed by atoms with Crippen molar-refractivity contribution in [2.45, 2.75) is 13.8 Å². The Morgan fingerprint density at radius 2 is 1.30 bits per heavy atom. The molecule has 0 bridgehead atoms. The normalized spacial score (nSPS) is 10.3. The van der Waals surface area contributed by atoms with Crippen LogP contribution in [0.1, 0.15) is 31.8 Å². The first-order valence-corrected chi connectivity index (χ1v) is 8.33. The predicted molar refractivity (Wildman–Crippen MR) is 100 cm³/mol. The number of rotatable bonds is 4. The molecule has 136 valence electrons. The largest absolute Gasteiger partial charge is 0.508 e. The maximum absolute atomic E-state index is 12.2. The van der Waals surface area contributed by atoms with Crippen molar-refractivity contribution in [3.8, 4) is 17.2 Å². The van der Waals surface area contributed by atoms with Crippen LogP contribution in [-0.4, -0.2) is 17.0 Å². The average molecular weight is 362 g/mol. The van der Waals surface area contributed by atoms with Crippen molar-refractivity contribution >= 4 is 11.9 Å². The van der Waals surface area contributed by atoms with Crippen LogP contribution in [0, 0.1) is 13.8 Å². The van der Waals surface area contributed by atoms with Crippen molar-refractivity contribution in [3.63, 3.8) is 0 Å². The van der Waals surface area contributed by atoms with Crippen LogP contribution < -0.4 is 9.47 Å². The molecule has 0 fully saturated rings. The van der Waals surface area contributed by atoms with Gasteiger partial charge in [0, 0.05) is 0 Å². The lowest BCUT2D eigenvalue weighted by molar-refractivity contribution is 0.0718. The third kappa shape index (κ3) is 4.52. The van der Waals surface area contributed by atoms with Crippen LogP contribution >= 0.6 is 0 Å². The number of carbonyl (C=O) groups is 2. The number of carbonyl (C=O) groups excluding carboxylic acids is 2. The number of hydrogen-bond donors (Lipinski definition) is 1. The summed E-state index contributed by atoms with van der Waals surface area (Å²) in [6.07, 6.45) is 0. The molecule has 0 aromatic heterocycles. The minimum atomic E-state index is -0.539. The molecule has 0 unspecified atom stereocenters. The third-order valence-corrected chi connectivity index (χ3v) is 3.95. The van der Waals surface area contributed by atoms with Gasteiger partial charge in [0.05, 0.1) is 11.1 Å². The van der Waals surface area contributed by atoms with E-state index in [2.05, 4.69) is 0 Å². The summed E-state index contributed by atoms with van der Waals surface area (Å²) in [6.45, 7) is 3.69. The maximum atomic E-state index is 12.2. The van der Waals surface area contributed by atoms with E-state index in [1.165, 1.54) is 24.3 Å². The highest BCUT2D eigenvalue weighted by Gasteiger charge is 2.13. The van der Waals surface area contributed by atoms with Crippen LogP contribution in [0.5, 0.6) is 17.2 Å². The van der Waals surface area contributed by atoms with Crippen LogP contribution in [0.4, 0.5) is 0 Å². The maximum Gasteiger partial charge on any atom is 0.343 e. The highest BCUT2D eigenvalue weighted by molar-refractivity contribution is 5.92. The number of phenols is 1. The molecule has 0 aliphatic rings. The minimum Gasteiger partial charge on any atom is -0.508 e. The number of esters is 2. The number of ether oxygens (including phenoxy) is 2. The Labute approximate surface area is 156 Å². The fourth-order valence-electron chi connectivity index (χ4n) is 2.41. The van der Waals surface area contributed by atoms with Crippen LogP contribution in [0.3, 0.4) is 0 Å². The predicted octanol–water partition coefficient (Wildman–Crippen LogP) is 4.45. The second kappa shape index (κ2) is 7.74. The zero-order chi connectivity index (χ0) is 19.4. The molecule has 27 heavy (non-hydrogen) atoms. The molecule has 5 nitrogen and oxygen atoms in total. The number of benzene rings is 3. The summed E-state index contributed by atoms with van der Waals surface area (Å²) in [7, 11) is 0. The minimum absolute atomic E-state index is 0.0717. The lowest BCUT2D eigenvalue weighted by Crippen LogP contribution is -2.10. The van der Waals surface area contributed by atoms with Crippen LogP contribution in [0.15, 0.2) is 66.7 Å². The van der Waals surface area contributed by atoms with Crippen molar-refractivity contribution in [1.82, 2.24) is 0 Å². The summed E-state index contributed by atoms with van der Waals surface area (Å²) in [6, 6.07) is 17.6. The first-order valence-electron chi connectivity index (χ1n) is 8.33. The molecule has 3 aromatic rings. The van der Waals surface area contributed by atoms with Crippen molar-refractivity contribution in [1.29, 1.82) is 0 Å². The first-order chi connectivity index (χ1) is 12.9. The smallest absolute Gasteiger partial charge is 0.343 e.